The molecule has 10 heteroatoms. The van der Waals surface area contributed by atoms with E-state index in [2.05, 4.69) is 5.32 Å². The van der Waals surface area contributed by atoms with Gasteiger partial charge in [-0.05, 0) is 41.0 Å². The molecule has 2 atom stereocenters. The molecule has 2 aromatic carbocycles. The van der Waals surface area contributed by atoms with Gasteiger partial charge in [0.25, 0.3) is 0 Å². The molecular formula is C24H23F3N2O5. The number of ether oxygens (including phenoxy) is 1. The van der Waals surface area contributed by atoms with Crippen molar-refractivity contribution < 1.29 is 37.4 Å². The number of nitrogens with one attached hydrogen (secondary N) is 2. The van der Waals surface area contributed by atoms with E-state index in [0.717, 1.165) is 22.3 Å². The van der Waals surface area contributed by atoms with Gasteiger partial charge in [0.1, 0.15) is 6.61 Å². The molecule has 0 saturated heterocycles. The van der Waals surface area contributed by atoms with Crippen LogP contribution in [0.25, 0.3) is 11.1 Å². The fourth-order valence-electron chi connectivity index (χ4n) is 4.33. The zero-order valence-corrected chi connectivity index (χ0v) is 18.0. The third-order valence-electron chi connectivity index (χ3n) is 6.12. The van der Waals surface area contributed by atoms with Crippen molar-refractivity contribution in [2.24, 2.45) is 5.92 Å². The van der Waals surface area contributed by atoms with Gasteiger partial charge in [0.05, 0.1) is 0 Å². The van der Waals surface area contributed by atoms with Crippen molar-refractivity contribution in [3.8, 4) is 11.1 Å². The van der Waals surface area contributed by atoms with Crippen LogP contribution in [0.5, 0.6) is 0 Å². The first-order valence-corrected chi connectivity index (χ1v) is 10.9. The molecule has 0 aliphatic heterocycles. The topological polar surface area (TPSA) is 105 Å². The number of alkyl halides is 3. The van der Waals surface area contributed by atoms with E-state index in [1.54, 1.807) is 0 Å². The van der Waals surface area contributed by atoms with Gasteiger partial charge in [0, 0.05) is 18.4 Å². The zero-order chi connectivity index (χ0) is 24.5. The first-order chi connectivity index (χ1) is 16.1. The van der Waals surface area contributed by atoms with Crippen LogP contribution in [0.2, 0.25) is 0 Å². The predicted molar refractivity (Wildman–Crippen MR) is 115 cm³/mol. The Morgan fingerprint density at radius 3 is 2.03 bits per heavy atom. The molecule has 2 aliphatic rings. The highest BCUT2D eigenvalue weighted by molar-refractivity contribution is 5.85. The number of alkyl carbamates (subject to hydrolysis) is 1. The van der Waals surface area contributed by atoms with E-state index in [1.165, 1.54) is 5.32 Å². The Morgan fingerprint density at radius 2 is 1.53 bits per heavy atom. The Bertz CT molecular complexity index is 1050. The predicted octanol–water partition coefficient (Wildman–Crippen LogP) is 3.83. The van der Waals surface area contributed by atoms with Crippen molar-refractivity contribution in [3.63, 3.8) is 0 Å². The summed E-state index contributed by atoms with van der Waals surface area (Å²) >= 11 is 0. The lowest BCUT2D eigenvalue weighted by Crippen LogP contribution is -2.52. The summed E-state index contributed by atoms with van der Waals surface area (Å²) in [4.78, 5) is 35.5. The van der Waals surface area contributed by atoms with Crippen LogP contribution in [0.15, 0.2) is 48.5 Å². The molecule has 7 nitrogen and oxygen atoms in total. The summed E-state index contributed by atoms with van der Waals surface area (Å²) in [6.45, 7) is 0.0542. The summed E-state index contributed by atoms with van der Waals surface area (Å²) in [7, 11) is 0. The lowest BCUT2D eigenvalue weighted by molar-refractivity contribution is -0.182. The molecular weight excluding hydrogens is 453 g/mol. The number of halogens is 3. The second-order valence-corrected chi connectivity index (χ2v) is 8.50. The normalized spacial score (nSPS) is 16.7. The van der Waals surface area contributed by atoms with Gasteiger partial charge in [0.2, 0.25) is 11.9 Å². The zero-order valence-electron chi connectivity index (χ0n) is 18.0. The molecule has 0 spiro atoms. The fourth-order valence-corrected chi connectivity index (χ4v) is 4.33. The van der Waals surface area contributed by atoms with E-state index in [0.29, 0.717) is 12.8 Å². The van der Waals surface area contributed by atoms with E-state index in [4.69, 9.17) is 9.84 Å². The molecule has 2 unspecified atom stereocenters. The van der Waals surface area contributed by atoms with Crippen molar-refractivity contribution in [2.75, 3.05) is 6.61 Å². The Morgan fingerprint density at radius 1 is 0.971 bits per heavy atom. The third kappa shape index (κ3) is 5.16. The Hall–Kier alpha value is -3.56. The van der Waals surface area contributed by atoms with E-state index in [9.17, 15) is 27.6 Å². The van der Waals surface area contributed by atoms with Crippen LogP contribution in [-0.2, 0) is 14.3 Å². The van der Waals surface area contributed by atoms with Crippen LogP contribution < -0.4 is 10.6 Å². The van der Waals surface area contributed by atoms with Gasteiger partial charge in [-0.2, -0.15) is 13.2 Å². The third-order valence-corrected chi connectivity index (χ3v) is 6.12. The minimum Gasteiger partial charge on any atom is -0.479 e. The maximum absolute atomic E-state index is 12.8. The molecule has 2 amide bonds. The number of rotatable bonds is 8. The summed E-state index contributed by atoms with van der Waals surface area (Å²) in [6.07, 6.45) is -4.99. The summed E-state index contributed by atoms with van der Waals surface area (Å²) in [5.74, 6) is -3.56. The average Bonchev–Trinajstić information content (AvgIpc) is 3.58. The number of carboxylic acid groups (broad SMARTS) is 1. The number of carboxylic acids is 1. The smallest absolute Gasteiger partial charge is 0.419 e. The maximum Gasteiger partial charge on any atom is 0.419 e. The standard InChI is InChI=1S/C24H23F3N2O5/c25-24(26,27)21(22(31)32)29-20(30)11-19(13-9-10-13)28-23(33)34-12-18-16-7-3-1-5-14(16)15-6-2-4-8-17(15)18/h1-8,13,18-19,21H,9-12H2,(H,28,33)(H,29,30)(H,31,32). The molecule has 2 aromatic rings. The van der Waals surface area contributed by atoms with Crippen LogP contribution in [-0.4, -0.2) is 47.9 Å². The highest BCUT2D eigenvalue weighted by Gasteiger charge is 2.46. The van der Waals surface area contributed by atoms with Gasteiger partial charge >= 0.3 is 18.2 Å². The number of benzene rings is 2. The van der Waals surface area contributed by atoms with Crippen LogP contribution in [0.3, 0.4) is 0 Å². The molecule has 4 rings (SSSR count). The molecule has 0 radical (unpaired) electrons. The number of hydrogen-bond donors (Lipinski definition) is 3. The summed E-state index contributed by atoms with van der Waals surface area (Å²) in [5, 5.41) is 12.8. The average molecular weight is 476 g/mol. The minimum atomic E-state index is -5.13. The van der Waals surface area contributed by atoms with Crippen molar-refractivity contribution >= 4 is 18.0 Å². The molecule has 0 aromatic heterocycles. The molecule has 34 heavy (non-hydrogen) atoms. The summed E-state index contributed by atoms with van der Waals surface area (Å²) < 4.78 is 43.9. The van der Waals surface area contributed by atoms with Gasteiger partial charge in [0.15, 0.2) is 0 Å². The van der Waals surface area contributed by atoms with Crippen molar-refractivity contribution in [1.29, 1.82) is 0 Å². The summed E-state index contributed by atoms with van der Waals surface area (Å²) in [5.41, 5.74) is 4.19. The van der Waals surface area contributed by atoms with E-state index < -0.39 is 42.7 Å². The van der Waals surface area contributed by atoms with Crippen LogP contribution in [0.1, 0.15) is 36.3 Å². The largest absolute Gasteiger partial charge is 0.479 e. The Labute approximate surface area is 193 Å². The first-order valence-electron chi connectivity index (χ1n) is 10.9. The van der Waals surface area contributed by atoms with E-state index in [1.807, 2.05) is 48.5 Å². The lowest BCUT2D eigenvalue weighted by atomic mass is 9.98. The van der Waals surface area contributed by atoms with Crippen molar-refractivity contribution in [3.05, 3.63) is 59.7 Å². The van der Waals surface area contributed by atoms with Crippen molar-refractivity contribution in [2.45, 2.75) is 43.4 Å². The second-order valence-electron chi connectivity index (χ2n) is 8.50. The number of carbonyl (C=O) groups excluding carboxylic acids is 2. The molecule has 180 valence electrons. The highest BCUT2D eigenvalue weighted by atomic mass is 19.4. The first kappa shape index (κ1) is 23.6. The molecule has 0 heterocycles. The van der Waals surface area contributed by atoms with Crippen LogP contribution >= 0.6 is 0 Å². The molecule has 2 aliphatic carbocycles. The Kier molecular flexibility index (Phi) is 6.49. The highest BCUT2D eigenvalue weighted by Crippen LogP contribution is 2.44. The number of aliphatic carboxylic acids is 1. The quantitative estimate of drug-likeness (QED) is 0.537. The van der Waals surface area contributed by atoms with Gasteiger partial charge in [-0.3, -0.25) is 4.79 Å². The number of fused-ring (bicyclic) bond motifs is 3. The summed E-state index contributed by atoms with van der Waals surface area (Å²) in [6, 6.07) is 11.9. The fraction of sp³-hybridized carbons (Fsp3) is 0.375. The second kappa shape index (κ2) is 9.36. The van der Waals surface area contributed by atoms with Crippen LogP contribution in [0.4, 0.5) is 18.0 Å². The van der Waals surface area contributed by atoms with Gasteiger partial charge in [-0.15, -0.1) is 0 Å². The van der Waals surface area contributed by atoms with E-state index in [-0.39, 0.29) is 18.4 Å². The van der Waals surface area contributed by atoms with E-state index >= 15 is 0 Å². The van der Waals surface area contributed by atoms with Crippen LogP contribution in [0, 0.1) is 5.92 Å². The minimum absolute atomic E-state index is 0.0542. The molecule has 3 N–H and O–H groups in total. The van der Waals surface area contributed by atoms with Gasteiger partial charge in [-0.25, -0.2) is 9.59 Å². The Balaban J connectivity index is 1.36. The lowest BCUT2D eigenvalue weighted by Gasteiger charge is -2.21. The number of carbonyl (C=O) groups is 3. The van der Waals surface area contributed by atoms with Gasteiger partial charge < -0.3 is 20.5 Å². The SMILES string of the molecule is O=C(CC(NC(=O)OCC1c2ccccc2-c2ccccc21)C1CC1)NC(C(=O)O)C(F)(F)F. The molecule has 1 saturated carbocycles. The number of amides is 2. The van der Waals surface area contributed by atoms with Gasteiger partial charge in [-0.1, -0.05) is 48.5 Å². The molecule has 1 fully saturated rings. The maximum atomic E-state index is 12.8. The van der Waals surface area contributed by atoms with Crippen molar-refractivity contribution in [1.82, 2.24) is 10.6 Å². The monoisotopic (exact) mass is 476 g/mol. The molecule has 0 bridgehead atoms. The number of hydrogen-bond acceptors (Lipinski definition) is 4.